The summed E-state index contributed by atoms with van der Waals surface area (Å²) in [6.45, 7) is 0.866. The SMILES string of the molecule is CC(=O)N[C@@H](CC(=O)OCC(=O)Nc1sc2c(c1C(N)=O)CCC2)c1ccccc1. The number of rotatable bonds is 8. The summed E-state index contributed by atoms with van der Waals surface area (Å²) in [5.41, 5.74) is 7.49. The fourth-order valence-corrected chi connectivity index (χ4v) is 4.78. The first-order valence-electron chi connectivity index (χ1n) is 9.57. The van der Waals surface area contributed by atoms with Crippen molar-refractivity contribution in [2.75, 3.05) is 11.9 Å². The highest BCUT2D eigenvalue weighted by molar-refractivity contribution is 7.17. The number of primary amides is 1. The number of esters is 1. The number of benzene rings is 1. The maximum atomic E-state index is 12.2. The van der Waals surface area contributed by atoms with Crippen molar-refractivity contribution in [3.63, 3.8) is 0 Å². The summed E-state index contributed by atoms with van der Waals surface area (Å²) in [6, 6.07) is 8.47. The van der Waals surface area contributed by atoms with Crippen LogP contribution in [0.4, 0.5) is 5.00 Å². The summed E-state index contributed by atoms with van der Waals surface area (Å²) in [6.07, 6.45) is 2.47. The number of hydrogen-bond donors (Lipinski definition) is 3. The minimum atomic E-state index is -0.628. The number of thiophene rings is 1. The first kappa shape index (κ1) is 21.5. The van der Waals surface area contributed by atoms with Crippen LogP contribution in [0.1, 0.15) is 52.2 Å². The molecule has 30 heavy (non-hydrogen) atoms. The van der Waals surface area contributed by atoms with Crippen molar-refractivity contribution in [2.45, 2.75) is 38.6 Å². The molecular weight excluding hydrogens is 406 g/mol. The molecule has 0 spiro atoms. The topological polar surface area (TPSA) is 128 Å². The molecule has 1 aromatic heterocycles. The second-order valence-corrected chi connectivity index (χ2v) is 8.11. The molecule has 0 radical (unpaired) electrons. The fourth-order valence-electron chi connectivity index (χ4n) is 3.47. The fraction of sp³-hybridized carbons (Fsp3) is 0.333. The number of fused-ring (bicyclic) bond motifs is 1. The first-order valence-corrected chi connectivity index (χ1v) is 10.4. The number of anilines is 1. The van der Waals surface area contributed by atoms with Crippen molar-refractivity contribution in [1.82, 2.24) is 5.32 Å². The molecule has 0 saturated heterocycles. The maximum absolute atomic E-state index is 12.2. The molecule has 1 aliphatic carbocycles. The van der Waals surface area contributed by atoms with E-state index >= 15 is 0 Å². The lowest BCUT2D eigenvalue weighted by atomic mass is 10.0. The average molecular weight is 429 g/mol. The van der Waals surface area contributed by atoms with Crippen molar-refractivity contribution >= 4 is 40.0 Å². The lowest BCUT2D eigenvalue weighted by Crippen LogP contribution is -2.29. The van der Waals surface area contributed by atoms with Gasteiger partial charge < -0.3 is 21.1 Å². The second kappa shape index (κ2) is 9.53. The zero-order valence-corrected chi connectivity index (χ0v) is 17.3. The van der Waals surface area contributed by atoms with Crippen LogP contribution in [-0.4, -0.2) is 30.3 Å². The minimum Gasteiger partial charge on any atom is -0.455 e. The number of aryl methyl sites for hydroxylation is 1. The molecule has 0 saturated carbocycles. The van der Waals surface area contributed by atoms with Gasteiger partial charge in [0.05, 0.1) is 18.0 Å². The summed E-state index contributed by atoms with van der Waals surface area (Å²) in [5, 5.41) is 5.73. The van der Waals surface area contributed by atoms with E-state index in [-0.39, 0.29) is 12.3 Å². The summed E-state index contributed by atoms with van der Waals surface area (Å²) in [5.74, 6) is -2.04. The van der Waals surface area contributed by atoms with Gasteiger partial charge in [0.15, 0.2) is 6.61 Å². The van der Waals surface area contributed by atoms with Crippen LogP contribution >= 0.6 is 11.3 Å². The highest BCUT2D eigenvalue weighted by atomic mass is 32.1. The van der Waals surface area contributed by atoms with E-state index in [0.717, 1.165) is 35.3 Å². The van der Waals surface area contributed by atoms with Crippen molar-refractivity contribution in [3.05, 3.63) is 51.9 Å². The molecule has 8 nitrogen and oxygen atoms in total. The van der Waals surface area contributed by atoms with Gasteiger partial charge >= 0.3 is 5.97 Å². The van der Waals surface area contributed by atoms with Crippen molar-refractivity contribution in [1.29, 1.82) is 0 Å². The molecule has 3 rings (SSSR count). The van der Waals surface area contributed by atoms with Crippen LogP contribution in [0, 0.1) is 0 Å². The third kappa shape index (κ3) is 5.24. The van der Waals surface area contributed by atoms with Crippen LogP contribution < -0.4 is 16.4 Å². The van der Waals surface area contributed by atoms with E-state index in [1.165, 1.54) is 18.3 Å². The van der Waals surface area contributed by atoms with Gasteiger partial charge in [0, 0.05) is 11.8 Å². The van der Waals surface area contributed by atoms with Gasteiger partial charge in [-0.05, 0) is 30.4 Å². The zero-order valence-electron chi connectivity index (χ0n) is 16.5. The second-order valence-electron chi connectivity index (χ2n) is 7.00. The quantitative estimate of drug-likeness (QED) is 0.554. The standard InChI is InChI=1S/C21H23N3O5S/c1-12(25)23-15(13-6-3-2-4-7-13)10-18(27)29-11-17(26)24-21-19(20(22)28)14-8-5-9-16(14)30-21/h2-4,6-7,15H,5,8-11H2,1H3,(H2,22,28)(H,23,25)(H,24,26)/t15-/m0/s1. The van der Waals surface area contributed by atoms with Crippen LogP contribution in [-0.2, 0) is 32.0 Å². The molecule has 0 aliphatic heterocycles. The zero-order chi connectivity index (χ0) is 21.7. The highest BCUT2D eigenvalue weighted by Gasteiger charge is 2.26. The molecule has 158 valence electrons. The predicted molar refractivity (Wildman–Crippen MR) is 112 cm³/mol. The van der Waals surface area contributed by atoms with Crippen LogP contribution in [0.2, 0.25) is 0 Å². The number of carbonyl (C=O) groups is 4. The van der Waals surface area contributed by atoms with Gasteiger partial charge in [-0.1, -0.05) is 30.3 Å². The normalized spacial score (nSPS) is 13.2. The number of nitrogens with two attached hydrogens (primary N) is 1. The lowest BCUT2D eigenvalue weighted by molar-refractivity contribution is -0.148. The number of hydrogen-bond acceptors (Lipinski definition) is 6. The molecule has 0 bridgehead atoms. The Kier molecular flexibility index (Phi) is 6.83. The molecule has 4 N–H and O–H groups in total. The van der Waals surface area contributed by atoms with E-state index in [1.54, 1.807) is 24.3 Å². The number of carbonyl (C=O) groups excluding carboxylic acids is 4. The monoisotopic (exact) mass is 429 g/mol. The van der Waals surface area contributed by atoms with Gasteiger partial charge in [0.1, 0.15) is 5.00 Å². The van der Waals surface area contributed by atoms with Crippen molar-refractivity contribution in [2.24, 2.45) is 5.73 Å². The first-order chi connectivity index (χ1) is 14.3. The Balaban J connectivity index is 1.57. The van der Waals surface area contributed by atoms with Gasteiger partial charge in [-0.15, -0.1) is 11.3 Å². The predicted octanol–water partition coefficient (Wildman–Crippen LogP) is 2.08. The molecule has 1 atom stereocenters. The summed E-state index contributed by atoms with van der Waals surface area (Å²) in [7, 11) is 0. The van der Waals surface area contributed by atoms with E-state index in [0.29, 0.717) is 10.6 Å². The Morgan fingerprint density at radius 3 is 2.57 bits per heavy atom. The average Bonchev–Trinajstić information content (AvgIpc) is 3.26. The molecule has 1 aromatic carbocycles. The third-order valence-electron chi connectivity index (χ3n) is 4.74. The van der Waals surface area contributed by atoms with Gasteiger partial charge in [-0.2, -0.15) is 0 Å². The van der Waals surface area contributed by atoms with E-state index in [2.05, 4.69) is 10.6 Å². The van der Waals surface area contributed by atoms with Crippen LogP contribution in [0.15, 0.2) is 30.3 Å². The van der Waals surface area contributed by atoms with Crippen LogP contribution in [0.3, 0.4) is 0 Å². The van der Waals surface area contributed by atoms with E-state index in [1.807, 2.05) is 6.07 Å². The van der Waals surface area contributed by atoms with E-state index in [9.17, 15) is 19.2 Å². The molecule has 1 aliphatic rings. The van der Waals surface area contributed by atoms with E-state index < -0.39 is 30.4 Å². The molecule has 1 heterocycles. The molecule has 2 aromatic rings. The molecular formula is C21H23N3O5S. The Morgan fingerprint density at radius 2 is 1.90 bits per heavy atom. The molecule has 0 unspecified atom stereocenters. The minimum absolute atomic E-state index is 0.114. The van der Waals surface area contributed by atoms with Crippen molar-refractivity contribution < 1.29 is 23.9 Å². The number of ether oxygens (including phenoxy) is 1. The Bertz CT molecular complexity index is 971. The molecule has 0 fully saturated rings. The van der Waals surface area contributed by atoms with Gasteiger partial charge in [-0.25, -0.2) is 0 Å². The molecule has 9 heteroatoms. The summed E-state index contributed by atoms with van der Waals surface area (Å²) >= 11 is 1.33. The lowest BCUT2D eigenvalue weighted by Gasteiger charge is -2.17. The Hall–Kier alpha value is -3.20. The number of nitrogens with one attached hydrogen (secondary N) is 2. The van der Waals surface area contributed by atoms with Gasteiger partial charge in [0.2, 0.25) is 5.91 Å². The summed E-state index contributed by atoms with van der Waals surface area (Å²) < 4.78 is 5.07. The van der Waals surface area contributed by atoms with Crippen LogP contribution in [0.25, 0.3) is 0 Å². The maximum Gasteiger partial charge on any atom is 0.308 e. The number of amides is 3. The Morgan fingerprint density at radius 1 is 1.17 bits per heavy atom. The van der Waals surface area contributed by atoms with E-state index in [4.69, 9.17) is 10.5 Å². The largest absolute Gasteiger partial charge is 0.455 e. The van der Waals surface area contributed by atoms with Gasteiger partial charge in [0.25, 0.3) is 11.8 Å². The van der Waals surface area contributed by atoms with Gasteiger partial charge in [-0.3, -0.25) is 19.2 Å². The summed E-state index contributed by atoms with van der Waals surface area (Å²) in [4.78, 5) is 48.8. The Labute approximate surface area is 177 Å². The third-order valence-corrected chi connectivity index (χ3v) is 5.94. The highest BCUT2D eigenvalue weighted by Crippen LogP contribution is 2.38. The molecule has 3 amide bonds. The smallest absolute Gasteiger partial charge is 0.308 e. The van der Waals surface area contributed by atoms with Crippen molar-refractivity contribution in [3.8, 4) is 0 Å². The van der Waals surface area contributed by atoms with Crippen LogP contribution in [0.5, 0.6) is 0 Å².